The average Bonchev–Trinajstić information content (AvgIpc) is 3.17. The molecule has 0 aliphatic carbocycles. The highest BCUT2D eigenvalue weighted by Crippen LogP contribution is 2.26. The molecule has 3 rings (SSSR count). The number of halogens is 1. The van der Waals surface area contributed by atoms with Crippen LogP contribution in [0.3, 0.4) is 0 Å². The van der Waals surface area contributed by atoms with Crippen molar-refractivity contribution in [1.82, 2.24) is 14.8 Å². The summed E-state index contributed by atoms with van der Waals surface area (Å²) in [4.78, 5) is 12.2. The van der Waals surface area contributed by atoms with Crippen LogP contribution in [-0.4, -0.2) is 26.4 Å². The number of hydrogen-bond donors (Lipinski definition) is 1. The Hall–Kier alpha value is -2.87. The number of ether oxygens (including phenoxy) is 1. The van der Waals surface area contributed by atoms with E-state index in [9.17, 15) is 9.18 Å². The van der Waals surface area contributed by atoms with Gasteiger partial charge >= 0.3 is 0 Å². The molecule has 0 saturated carbocycles. The van der Waals surface area contributed by atoms with Crippen LogP contribution in [0.1, 0.15) is 51.1 Å². The fraction of sp³-hybridized carbons (Fsp3) is 0.348. The lowest BCUT2D eigenvalue weighted by Crippen LogP contribution is -2.16. The summed E-state index contributed by atoms with van der Waals surface area (Å²) in [7, 11) is 0. The second-order valence-corrected chi connectivity index (χ2v) is 8.33. The summed E-state index contributed by atoms with van der Waals surface area (Å²) < 4.78 is 21.7. The largest absolute Gasteiger partial charge is 0.483 e. The first-order chi connectivity index (χ1) is 14.9. The maximum Gasteiger partial charge on any atom is 0.234 e. The predicted octanol–water partition coefficient (Wildman–Crippen LogP) is 5.43. The third kappa shape index (κ3) is 5.85. The highest BCUT2D eigenvalue weighted by Gasteiger charge is 2.19. The van der Waals surface area contributed by atoms with Crippen molar-refractivity contribution < 1.29 is 13.9 Å². The molecule has 0 bridgehead atoms. The van der Waals surface area contributed by atoms with Crippen molar-refractivity contribution in [2.45, 2.75) is 51.4 Å². The molecular formula is C23H27FN4O2S. The second kappa shape index (κ2) is 10.4. The van der Waals surface area contributed by atoms with E-state index in [1.54, 1.807) is 12.1 Å². The highest BCUT2D eigenvalue weighted by atomic mass is 32.2. The molecule has 0 fully saturated rings. The van der Waals surface area contributed by atoms with Gasteiger partial charge < -0.3 is 14.6 Å². The van der Waals surface area contributed by atoms with E-state index in [-0.39, 0.29) is 23.5 Å². The lowest BCUT2D eigenvalue weighted by Gasteiger charge is -2.16. The standard InChI is InChI=1S/C23H27FN4O2S/c1-5-28-22(16(4)30-18-12-10-17(11-13-18)15(2)3)26-27-23(28)31-14-21(29)25-20-9-7-6-8-19(20)24/h6-13,15-16H,5,14H2,1-4H3,(H,25,29). The van der Waals surface area contributed by atoms with Crippen molar-refractivity contribution in [3.05, 3.63) is 65.7 Å². The molecule has 1 aromatic heterocycles. The van der Waals surface area contributed by atoms with Gasteiger partial charge in [-0.15, -0.1) is 10.2 Å². The minimum Gasteiger partial charge on any atom is -0.483 e. The van der Waals surface area contributed by atoms with Gasteiger partial charge in [0.05, 0.1) is 11.4 Å². The van der Waals surface area contributed by atoms with E-state index < -0.39 is 5.82 Å². The number of benzene rings is 2. The quantitative estimate of drug-likeness (QED) is 0.448. The molecule has 1 atom stereocenters. The monoisotopic (exact) mass is 442 g/mol. The molecule has 3 aromatic rings. The van der Waals surface area contributed by atoms with Crippen LogP contribution in [0.2, 0.25) is 0 Å². The fourth-order valence-corrected chi connectivity index (χ4v) is 3.88. The van der Waals surface area contributed by atoms with Crippen LogP contribution in [0.15, 0.2) is 53.7 Å². The van der Waals surface area contributed by atoms with Gasteiger partial charge in [0.25, 0.3) is 0 Å². The highest BCUT2D eigenvalue weighted by molar-refractivity contribution is 7.99. The second-order valence-electron chi connectivity index (χ2n) is 7.39. The summed E-state index contributed by atoms with van der Waals surface area (Å²) in [5.41, 5.74) is 1.42. The zero-order chi connectivity index (χ0) is 22.4. The van der Waals surface area contributed by atoms with Gasteiger partial charge in [-0.3, -0.25) is 4.79 Å². The minimum atomic E-state index is -0.465. The first kappa shape index (κ1) is 22.8. The Bertz CT molecular complexity index is 1020. The minimum absolute atomic E-state index is 0.0956. The van der Waals surface area contributed by atoms with Crippen LogP contribution in [0, 0.1) is 5.82 Å². The predicted molar refractivity (Wildman–Crippen MR) is 121 cm³/mol. The topological polar surface area (TPSA) is 69.0 Å². The smallest absolute Gasteiger partial charge is 0.234 e. The normalized spacial score (nSPS) is 12.1. The third-order valence-corrected chi connectivity index (χ3v) is 5.73. The SMILES string of the molecule is CCn1c(SCC(=O)Nc2ccccc2F)nnc1C(C)Oc1ccc(C(C)C)cc1. The first-order valence-electron chi connectivity index (χ1n) is 10.3. The number of carbonyl (C=O) groups is 1. The van der Waals surface area contributed by atoms with Crippen molar-refractivity contribution in [3.63, 3.8) is 0 Å². The van der Waals surface area contributed by atoms with E-state index in [0.29, 0.717) is 23.4 Å². The number of nitrogens with zero attached hydrogens (tertiary/aromatic N) is 3. The molecule has 6 nitrogen and oxygen atoms in total. The van der Waals surface area contributed by atoms with E-state index in [2.05, 4.69) is 41.5 Å². The first-order valence-corrected chi connectivity index (χ1v) is 11.2. The van der Waals surface area contributed by atoms with Crippen molar-refractivity contribution in [2.24, 2.45) is 0 Å². The Morgan fingerprint density at radius 1 is 1.13 bits per heavy atom. The van der Waals surface area contributed by atoms with Gasteiger partial charge in [-0.2, -0.15) is 0 Å². The number of thioether (sulfide) groups is 1. The fourth-order valence-electron chi connectivity index (χ4n) is 3.07. The van der Waals surface area contributed by atoms with Crippen molar-refractivity contribution in [1.29, 1.82) is 0 Å². The van der Waals surface area contributed by atoms with Gasteiger partial charge in [-0.05, 0) is 49.6 Å². The molecule has 8 heteroatoms. The molecule has 2 aromatic carbocycles. The number of hydrogen-bond acceptors (Lipinski definition) is 5. The Kier molecular flexibility index (Phi) is 7.68. The summed E-state index contributed by atoms with van der Waals surface area (Å²) >= 11 is 1.25. The van der Waals surface area contributed by atoms with Crippen molar-refractivity contribution in [3.8, 4) is 5.75 Å². The maximum atomic E-state index is 13.7. The number of nitrogens with one attached hydrogen (secondary N) is 1. The maximum absolute atomic E-state index is 13.7. The lowest BCUT2D eigenvalue weighted by atomic mass is 10.0. The van der Waals surface area contributed by atoms with Gasteiger partial charge in [-0.25, -0.2) is 4.39 Å². The number of anilines is 1. The average molecular weight is 443 g/mol. The van der Waals surface area contributed by atoms with E-state index in [4.69, 9.17) is 4.74 Å². The zero-order valence-electron chi connectivity index (χ0n) is 18.1. The molecule has 0 aliphatic rings. The summed E-state index contributed by atoms with van der Waals surface area (Å²) in [6.07, 6.45) is -0.307. The van der Waals surface area contributed by atoms with E-state index in [1.807, 2.05) is 30.5 Å². The Morgan fingerprint density at radius 3 is 2.48 bits per heavy atom. The van der Waals surface area contributed by atoms with Gasteiger partial charge in [0.15, 0.2) is 17.1 Å². The number of amides is 1. The summed E-state index contributed by atoms with van der Waals surface area (Å²) in [6, 6.07) is 14.1. The van der Waals surface area contributed by atoms with Gasteiger partial charge in [0.1, 0.15) is 11.6 Å². The van der Waals surface area contributed by atoms with Gasteiger partial charge in [0, 0.05) is 6.54 Å². The van der Waals surface area contributed by atoms with Gasteiger partial charge in [-0.1, -0.05) is 49.9 Å². The van der Waals surface area contributed by atoms with Crippen LogP contribution >= 0.6 is 11.8 Å². The Balaban J connectivity index is 1.63. The van der Waals surface area contributed by atoms with Crippen LogP contribution in [-0.2, 0) is 11.3 Å². The molecule has 0 radical (unpaired) electrons. The summed E-state index contributed by atoms with van der Waals surface area (Å²) in [5, 5.41) is 11.7. The molecule has 0 spiro atoms. The van der Waals surface area contributed by atoms with Crippen LogP contribution in [0.5, 0.6) is 5.75 Å². The molecule has 1 unspecified atom stereocenters. The Labute approximate surface area is 186 Å². The Morgan fingerprint density at radius 2 is 1.84 bits per heavy atom. The van der Waals surface area contributed by atoms with Crippen molar-refractivity contribution in [2.75, 3.05) is 11.1 Å². The molecule has 0 saturated heterocycles. The number of rotatable bonds is 9. The van der Waals surface area contributed by atoms with Crippen LogP contribution in [0.25, 0.3) is 0 Å². The summed E-state index contributed by atoms with van der Waals surface area (Å²) in [6.45, 7) is 8.85. The van der Waals surface area contributed by atoms with Crippen molar-refractivity contribution >= 4 is 23.4 Å². The molecule has 1 amide bonds. The van der Waals surface area contributed by atoms with E-state index >= 15 is 0 Å². The van der Waals surface area contributed by atoms with Crippen LogP contribution in [0.4, 0.5) is 10.1 Å². The molecule has 1 heterocycles. The molecule has 0 aliphatic heterocycles. The number of aromatic nitrogens is 3. The number of carbonyl (C=O) groups excluding carboxylic acids is 1. The van der Waals surface area contributed by atoms with Crippen LogP contribution < -0.4 is 10.1 Å². The third-order valence-electron chi connectivity index (χ3n) is 4.77. The molecule has 164 valence electrons. The zero-order valence-corrected chi connectivity index (χ0v) is 18.9. The van der Waals surface area contributed by atoms with E-state index in [1.165, 1.54) is 29.5 Å². The van der Waals surface area contributed by atoms with Gasteiger partial charge in [0.2, 0.25) is 5.91 Å². The molecule has 1 N–H and O–H groups in total. The molecular weight excluding hydrogens is 415 g/mol. The molecule has 31 heavy (non-hydrogen) atoms. The summed E-state index contributed by atoms with van der Waals surface area (Å²) in [5.74, 6) is 1.24. The lowest BCUT2D eigenvalue weighted by molar-refractivity contribution is -0.113. The van der Waals surface area contributed by atoms with E-state index in [0.717, 1.165) is 5.75 Å². The number of para-hydroxylation sites is 1.